The summed E-state index contributed by atoms with van der Waals surface area (Å²) in [5.41, 5.74) is 0. The molecule has 6 heteroatoms. The first-order valence-electron chi connectivity index (χ1n) is 9.20. The Balaban J connectivity index is 2.40. The summed E-state index contributed by atoms with van der Waals surface area (Å²) in [4.78, 5) is 24.0. The lowest BCUT2D eigenvalue weighted by molar-refractivity contribution is -0.165. The van der Waals surface area contributed by atoms with E-state index in [0.717, 1.165) is 25.7 Å². The Bertz CT molecular complexity index is 351. The molecule has 1 saturated heterocycles. The lowest BCUT2D eigenvalue weighted by Crippen LogP contribution is -2.39. The van der Waals surface area contributed by atoms with E-state index in [1.807, 2.05) is 6.92 Å². The highest BCUT2D eigenvalue weighted by atomic mass is 16.6. The molecule has 140 valence electrons. The minimum absolute atomic E-state index is 0.206. The molecule has 6 nitrogen and oxygen atoms in total. The summed E-state index contributed by atoms with van der Waals surface area (Å²) in [6, 6.07) is 0. The molecule has 0 aliphatic carbocycles. The fourth-order valence-electron chi connectivity index (χ4n) is 2.49. The predicted octanol–water partition coefficient (Wildman–Crippen LogP) is 2.87. The third-order valence-electron chi connectivity index (χ3n) is 3.99. The molecule has 0 N–H and O–H groups in total. The van der Waals surface area contributed by atoms with Crippen molar-refractivity contribution in [2.24, 2.45) is 5.92 Å². The van der Waals surface area contributed by atoms with Crippen LogP contribution >= 0.6 is 0 Å². The van der Waals surface area contributed by atoms with Gasteiger partial charge >= 0.3 is 11.9 Å². The van der Waals surface area contributed by atoms with Crippen LogP contribution in [-0.4, -0.2) is 51.1 Å². The number of hydrogen-bond acceptors (Lipinski definition) is 6. The highest BCUT2D eigenvalue weighted by Gasteiger charge is 2.32. The first-order valence-corrected chi connectivity index (χ1v) is 9.20. The van der Waals surface area contributed by atoms with Gasteiger partial charge in [-0.05, 0) is 25.7 Å². The van der Waals surface area contributed by atoms with E-state index in [1.54, 1.807) is 0 Å². The Hall–Kier alpha value is -1.14. The van der Waals surface area contributed by atoms with E-state index < -0.39 is 0 Å². The van der Waals surface area contributed by atoms with Gasteiger partial charge in [0.15, 0.2) is 0 Å². The van der Waals surface area contributed by atoms with Crippen LogP contribution in [0.1, 0.15) is 58.8 Å². The van der Waals surface area contributed by atoms with Crippen LogP contribution in [0, 0.1) is 5.92 Å². The molecule has 0 aromatic carbocycles. The molecule has 0 radical (unpaired) electrons. The van der Waals surface area contributed by atoms with Gasteiger partial charge in [0, 0.05) is 6.42 Å². The number of unbranched alkanes of at least 4 members (excludes halogenated alkanes) is 2. The molecule has 1 heterocycles. The quantitative estimate of drug-likeness (QED) is 0.400. The Morgan fingerprint density at radius 1 is 1.04 bits per heavy atom. The van der Waals surface area contributed by atoms with Crippen molar-refractivity contribution in [3.63, 3.8) is 0 Å². The van der Waals surface area contributed by atoms with Crippen molar-refractivity contribution in [2.75, 3.05) is 33.0 Å². The van der Waals surface area contributed by atoms with Gasteiger partial charge in [-0.15, -0.1) is 0 Å². The molecule has 0 amide bonds. The largest absolute Gasteiger partial charge is 0.466 e. The van der Waals surface area contributed by atoms with Gasteiger partial charge in [0.2, 0.25) is 0 Å². The molecule has 1 fully saturated rings. The van der Waals surface area contributed by atoms with Crippen LogP contribution in [-0.2, 0) is 28.5 Å². The molecule has 0 spiro atoms. The van der Waals surface area contributed by atoms with Crippen molar-refractivity contribution >= 4 is 11.9 Å². The fourth-order valence-corrected chi connectivity index (χ4v) is 2.49. The number of rotatable bonds is 12. The second-order valence-corrected chi connectivity index (χ2v) is 6.08. The predicted molar refractivity (Wildman–Crippen MR) is 89.6 cm³/mol. The normalized spacial score (nSPS) is 18.8. The summed E-state index contributed by atoms with van der Waals surface area (Å²) in [6.07, 6.45) is 4.86. The van der Waals surface area contributed by atoms with Crippen molar-refractivity contribution in [1.29, 1.82) is 0 Å². The monoisotopic (exact) mass is 344 g/mol. The number of esters is 2. The van der Waals surface area contributed by atoms with Gasteiger partial charge in [0.05, 0.1) is 45.1 Å². The Morgan fingerprint density at radius 3 is 2.38 bits per heavy atom. The summed E-state index contributed by atoms with van der Waals surface area (Å²) in [7, 11) is 0. The number of carbonyl (C=O) groups excluding carboxylic acids is 2. The molecule has 2 unspecified atom stereocenters. The number of carbonyl (C=O) groups is 2. The van der Waals surface area contributed by atoms with Crippen LogP contribution in [0.2, 0.25) is 0 Å². The minimum Gasteiger partial charge on any atom is -0.466 e. The third-order valence-corrected chi connectivity index (χ3v) is 3.99. The Kier molecular flexibility index (Phi) is 11.5. The summed E-state index contributed by atoms with van der Waals surface area (Å²) < 4.78 is 21.6. The van der Waals surface area contributed by atoms with E-state index in [0.29, 0.717) is 52.3 Å². The fraction of sp³-hybridized carbons (Fsp3) is 0.889. The lowest BCUT2D eigenvalue weighted by atomic mass is 9.95. The van der Waals surface area contributed by atoms with Gasteiger partial charge < -0.3 is 18.9 Å². The maximum absolute atomic E-state index is 12.3. The second-order valence-electron chi connectivity index (χ2n) is 6.08. The average Bonchev–Trinajstić information content (AvgIpc) is 2.60. The zero-order valence-electron chi connectivity index (χ0n) is 15.1. The average molecular weight is 344 g/mol. The van der Waals surface area contributed by atoms with Crippen molar-refractivity contribution in [2.45, 2.75) is 64.9 Å². The molecule has 0 saturated carbocycles. The molecule has 1 rings (SSSR count). The number of ether oxygens (including phenoxy) is 4. The zero-order valence-corrected chi connectivity index (χ0v) is 15.1. The Labute approximate surface area is 145 Å². The van der Waals surface area contributed by atoms with Crippen LogP contribution in [0.25, 0.3) is 0 Å². The summed E-state index contributed by atoms with van der Waals surface area (Å²) in [5.74, 6) is -0.841. The standard InChI is InChI=1S/C18H32O6/c1-3-5-10-23-17(19)9-7-8-15(16-14-21-12-13-22-16)18(20)24-11-6-4-2/h15-16H,3-14H2,1-2H3. The molecule has 24 heavy (non-hydrogen) atoms. The molecular weight excluding hydrogens is 312 g/mol. The van der Waals surface area contributed by atoms with Crippen LogP contribution in [0.4, 0.5) is 0 Å². The molecule has 0 aromatic heterocycles. The first-order chi connectivity index (χ1) is 11.7. The van der Waals surface area contributed by atoms with Crippen LogP contribution in [0.5, 0.6) is 0 Å². The van der Waals surface area contributed by atoms with Gasteiger partial charge in [0.25, 0.3) is 0 Å². The van der Waals surface area contributed by atoms with E-state index in [-0.39, 0.29) is 24.0 Å². The SMILES string of the molecule is CCCCOC(=O)CCCC(C(=O)OCCCC)C1COCCO1. The molecule has 1 aliphatic heterocycles. The maximum atomic E-state index is 12.3. The minimum atomic E-state index is -0.384. The lowest BCUT2D eigenvalue weighted by Gasteiger charge is -2.29. The highest BCUT2D eigenvalue weighted by molar-refractivity contribution is 5.73. The highest BCUT2D eigenvalue weighted by Crippen LogP contribution is 2.21. The van der Waals surface area contributed by atoms with Gasteiger partial charge in [0.1, 0.15) is 0 Å². The second kappa shape index (κ2) is 13.2. The van der Waals surface area contributed by atoms with Crippen LogP contribution in [0.3, 0.4) is 0 Å². The van der Waals surface area contributed by atoms with E-state index in [9.17, 15) is 9.59 Å². The van der Waals surface area contributed by atoms with Crippen molar-refractivity contribution in [3.8, 4) is 0 Å². The van der Waals surface area contributed by atoms with E-state index in [4.69, 9.17) is 18.9 Å². The van der Waals surface area contributed by atoms with E-state index in [2.05, 4.69) is 6.92 Å². The van der Waals surface area contributed by atoms with Gasteiger partial charge in [-0.2, -0.15) is 0 Å². The van der Waals surface area contributed by atoms with E-state index in [1.165, 1.54) is 0 Å². The Morgan fingerprint density at radius 2 is 1.75 bits per heavy atom. The van der Waals surface area contributed by atoms with Crippen molar-refractivity contribution in [3.05, 3.63) is 0 Å². The summed E-state index contributed by atoms with van der Waals surface area (Å²) >= 11 is 0. The van der Waals surface area contributed by atoms with Gasteiger partial charge in [-0.1, -0.05) is 26.7 Å². The van der Waals surface area contributed by atoms with Gasteiger partial charge in [-0.25, -0.2) is 0 Å². The molecule has 1 aliphatic rings. The van der Waals surface area contributed by atoms with E-state index >= 15 is 0 Å². The molecular formula is C18H32O6. The topological polar surface area (TPSA) is 71.1 Å². The zero-order chi connectivity index (χ0) is 17.6. The van der Waals surface area contributed by atoms with Crippen LogP contribution < -0.4 is 0 Å². The third kappa shape index (κ3) is 8.64. The molecule has 2 atom stereocenters. The van der Waals surface area contributed by atoms with Crippen molar-refractivity contribution in [1.82, 2.24) is 0 Å². The van der Waals surface area contributed by atoms with Crippen molar-refractivity contribution < 1.29 is 28.5 Å². The summed E-state index contributed by atoms with van der Waals surface area (Å²) in [5, 5.41) is 0. The summed E-state index contributed by atoms with van der Waals surface area (Å²) in [6.45, 7) is 6.44. The van der Waals surface area contributed by atoms with Crippen LogP contribution in [0.15, 0.2) is 0 Å². The first kappa shape index (κ1) is 20.9. The maximum Gasteiger partial charge on any atom is 0.311 e. The van der Waals surface area contributed by atoms with Gasteiger partial charge in [-0.3, -0.25) is 9.59 Å². The smallest absolute Gasteiger partial charge is 0.311 e. The number of hydrogen-bond donors (Lipinski definition) is 0. The molecule has 0 bridgehead atoms. The molecule has 0 aromatic rings.